The number of carbonyl (C=O) groups is 3. The van der Waals surface area contributed by atoms with Gasteiger partial charge in [0.15, 0.2) is 0 Å². The van der Waals surface area contributed by atoms with Crippen LogP contribution in [-0.2, 0) is 19.1 Å². The zero-order chi connectivity index (χ0) is 25.5. The van der Waals surface area contributed by atoms with Crippen LogP contribution >= 0.6 is 0 Å². The summed E-state index contributed by atoms with van der Waals surface area (Å²) in [5.74, 6) is -0.582. The molecule has 1 aliphatic rings. The first-order valence-electron chi connectivity index (χ1n) is 12.5. The molecule has 2 amide bonds. The molecule has 1 heterocycles. The summed E-state index contributed by atoms with van der Waals surface area (Å²) in [6.07, 6.45) is 4.52. The number of likely N-dealkylation sites (N-methyl/N-ethyl adjacent to an activating group) is 1. The topological polar surface area (TPSA) is 79.0 Å². The van der Waals surface area contributed by atoms with Gasteiger partial charge in [0.25, 0.3) is 0 Å². The molecule has 0 aromatic heterocycles. The molecule has 0 radical (unpaired) electrons. The highest BCUT2D eigenvalue weighted by Gasteiger charge is 2.36. The molecule has 7 nitrogen and oxygen atoms in total. The number of nitrogens with one attached hydrogen (secondary N) is 1. The van der Waals surface area contributed by atoms with Gasteiger partial charge in [-0.25, -0.2) is 4.79 Å². The zero-order valence-electron chi connectivity index (χ0n) is 22.5. The fraction of sp³-hybridized carbons (Fsp3) is 0.808. The van der Waals surface area contributed by atoms with Gasteiger partial charge in [0.2, 0.25) is 11.8 Å². The van der Waals surface area contributed by atoms with E-state index in [2.05, 4.69) is 24.1 Å². The molecule has 0 bridgehead atoms. The van der Waals surface area contributed by atoms with Crippen LogP contribution in [0.2, 0.25) is 0 Å². The number of esters is 1. The molecule has 1 fully saturated rings. The first kappa shape index (κ1) is 29.1. The molecule has 1 saturated heterocycles. The molecule has 0 saturated carbocycles. The number of amides is 2. The lowest BCUT2D eigenvalue weighted by Gasteiger charge is -2.39. The molecule has 7 heteroatoms. The van der Waals surface area contributed by atoms with Gasteiger partial charge < -0.3 is 15.0 Å². The molecular formula is C26H47N3O4. The highest BCUT2D eigenvalue weighted by molar-refractivity contribution is 5.91. The Hall–Kier alpha value is -1.89. The number of likely N-dealkylation sites (tertiary alicyclic amines) is 1. The Bertz CT molecular complexity index is 700. The van der Waals surface area contributed by atoms with Gasteiger partial charge in [0.05, 0.1) is 18.2 Å². The summed E-state index contributed by atoms with van der Waals surface area (Å²) in [5, 5.41) is 3.06. The van der Waals surface area contributed by atoms with Crippen LogP contribution in [0.3, 0.4) is 0 Å². The summed E-state index contributed by atoms with van der Waals surface area (Å²) >= 11 is 0. The molecule has 0 aliphatic carbocycles. The lowest BCUT2D eigenvalue weighted by Crippen LogP contribution is -2.58. The molecule has 1 N–H and O–H groups in total. The van der Waals surface area contributed by atoms with Crippen molar-refractivity contribution in [3.8, 4) is 0 Å². The van der Waals surface area contributed by atoms with Crippen LogP contribution in [0.4, 0.5) is 0 Å². The van der Waals surface area contributed by atoms with Crippen molar-refractivity contribution in [1.82, 2.24) is 15.1 Å². The largest absolute Gasteiger partial charge is 0.460 e. The number of hydrogen-bond acceptors (Lipinski definition) is 5. The van der Waals surface area contributed by atoms with Crippen LogP contribution in [0.5, 0.6) is 0 Å². The highest BCUT2D eigenvalue weighted by atomic mass is 16.5. The minimum Gasteiger partial charge on any atom is -0.460 e. The van der Waals surface area contributed by atoms with E-state index in [0.717, 1.165) is 25.8 Å². The second kappa shape index (κ2) is 13.1. The van der Waals surface area contributed by atoms with Gasteiger partial charge in [0, 0.05) is 18.7 Å². The van der Waals surface area contributed by atoms with Crippen LogP contribution in [0.15, 0.2) is 11.6 Å². The summed E-state index contributed by atoms with van der Waals surface area (Å²) < 4.78 is 5.30. The molecule has 1 unspecified atom stereocenters. The van der Waals surface area contributed by atoms with Gasteiger partial charge in [-0.15, -0.1) is 0 Å². The van der Waals surface area contributed by atoms with Crippen molar-refractivity contribution < 1.29 is 19.1 Å². The number of hydrogen-bond donors (Lipinski definition) is 1. The first-order valence-corrected chi connectivity index (χ1v) is 12.5. The molecule has 190 valence electrons. The molecule has 0 spiro atoms. The molecule has 1 rings (SSSR count). The summed E-state index contributed by atoms with van der Waals surface area (Å²) in [6, 6.07) is -0.846. The third-order valence-electron chi connectivity index (χ3n) is 6.30. The van der Waals surface area contributed by atoms with Gasteiger partial charge in [-0.1, -0.05) is 40.2 Å². The van der Waals surface area contributed by atoms with Crippen molar-refractivity contribution in [1.29, 1.82) is 0 Å². The lowest BCUT2D eigenvalue weighted by atomic mass is 9.95. The van der Waals surface area contributed by atoms with Gasteiger partial charge >= 0.3 is 5.97 Å². The minimum atomic E-state index is -0.629. The normalized spacial score (nSPS) is 19.7. The molecule has 33 heavy (non-hydrogen) atoms. The van der Waals surface area contributed by atoms with Crippen molar-refractivity contribution in [2.24, 2.45) is 11.8 Å². The van der Waals surface area contributed by atoms with Gasteiger partial charge in [-0.05, 0) is 65.8 Å². The number of ether oxygens (including phenoxy) is 1. The van der Waals surface area contributed by atoms with E-state index in [1.807, 2.05) is 41.5 Å². The first-order chi connectivity index (χ1) is 15.3. The van der Waals surface area contributed by atoms with E-state index < -0.39 is 6.04 Å². The van der Waals surface area contributed by atoms with E-state index in [0.29, 0.717) is 5.57 Å². The van der Waals surface area contributed by atoms with Crippen LogP contribution in [0.25, 0.3) is 0 Å². The Balaban J connectivity index is 3.06. The maximum atomic E-state index is 13.5. The quantitative estimate of drug-likeness (QED) is 0.392. The fourth-order valence-electron chi connectivity index (χ4n) is 4.37. The number of rotatable bonds is 10. The Morgan fingerprint density at radius 3 is 2.09 bits per heavy atom. The van der Waals surface area contributed by atoms with Crippen molar-refractivity contribution in [2.75, 3.05) is 13.6 Å². The number of piperidine rings is 1. The molecule has 0 aromatic carbocycles. The molecule has 1 aliphatic heterocycles. The molecule has 3 atom stereocenters. The van der Waals surface area contributed by atoms with Crippen molar-refractivity contribution in [3.05, 3.63) is 11.6 Å². The van der Waals surface area contributed by atoms with E-state index in [-0.39, 0.29) is 53.8 Å². The van der Waals surface area contributed by atoms with Gasteiger partial charge in [-0.2, -0.15) is 0 Å². The lowest BCUT2D eigenvalue weighted by molar-refractivity contribution is -0.143. The Morgan fingerprint density at radius 2 is 1.61 bits per heavy atom. The smallest absolute Gasteiger partial charge is 0.333 e. The van der Waals surface area contributed by atoms with E-state index in [9.17, 15) is 14.4 Å². The van der Waals surface area contributed by atoms with Crippen molar-refractivity contribution in [2.45, 2.75) is 112 Å². The number of carbonyl (C=O) groups excluding carboxylic acids is 3. The van der Waals surface area contributed by atoms with E-state index in [1.165, 1.54) is 0 Å². The summed E-state index contributed by atoms with van der Waals surface area (Å²) in [4.78, 5) is 43.0. The average molecular weight is 466 g/mol. The second-order valence-electron chi connectivity index (χ2n) is 10.6. The maximum absolute atomic E-state index is 13.5. The predicted molar refractivity (Wildman–Crippen MR) is 133 cm³/mol. The van der Waals surface area contributed by atoms with E-state index in [4.69, 9.17) is 4.74 Å². The molecule has 0 aromatic rings. The third kappa shape index (κ3) is 8.43. The monoisotopic (exact) mass is 465 g/mol. The SMILES string of the molecule is CC(=C[C@H](C(C)C)N(C)C(=O)[C@@H](NC(=O)C1CCCCN1C(C)C)C(C)C)C(=O)OC(C)C. The Kier molecular flexibility index (Phi) is 11.6. The van der Waals surface area contributed by atoms with E-state index in [1.54, 1.807) is 24.9 Å². The Morgan fingerprint density at radius 1 is 1.00 bits per heavy atom. The number of nitrogens with zero attached hydrogens (tertiary/aromatic N) is 2. The van der Waals surface area contributed by atoms with Gasteiger partial charge in [-0.3, -0.25) is 14.5 Å². The summed E-state index contributed by atoms with van der Waals surface area (Å²) in [7, 11) is 1.74. The second-order valence-corrected chi connectivity index (χ2v) is 10.6. The molecular weight excluding hydrogens is 418 g/mol. The Labute approximate surface area is 201 Å². The van der Waals surface area contributed by atoms with E-state index >= 15 is 0 Å². The maximum Gasteiger partial charge on any atom is 0.333 e. The zero-order valence-corrected chi connectivity index (χ0v) is 22.5. The average Bonchev–Trinajstić information content (AvgIpc) is 2.73. The van der Waals surface area contributed by atoms with Gasteiger partial charge in [0.1, 0.15) is 6.04 Å². The third-order valence-corrected chi connectivity index (χ3v) is 6.30. The highest BCUT2D eigenvalue weighted by Crippen LogP contribution is 2.21. The van der Waals surface area contributed by atoms with Crippen molar-refractivity contribution >= 4 is 17.8 Å². The van der Waals surface area contributed by atoms with Crippen LogP contribution in [-0.4, -0.2) is 71.4 Å². The predicted octanol–water partition coefficient (Wildman–Crippen LogP) is 3.77. The minimum absolute atomic E-state index is 0.0659. The summed E-state index contributed by atoms with van der Waals surface area (Å²) in [6.45, 7) is 18.4. The summed E-state index contributed by atoms with van der Waals surface area (Å²) in [5.41, 5.74) is 0.474. The van der Waals surface area contributed by atoms with Crippen LogP contribution < -0.4 is 5.32 Å². The van der Waals surface area contributed by atoms with Crippen molar-refractivity contribution in [3.63, 3.8) is 0 Å². The fourth-order valence-corrected chi connectivity index (χ4v) is 4.37. The van der Waals surface area contributed by atoms with Crippen LogP contribution in [0, 0.1) is 11.8 Å². The standard InChI is InChI=1S/C26H47N3O4/c1-16(2)22(15-20(9)26(32)33-19(7)8)28(10)25(31)23(17(3)4)27-24(30)21-13-11-12-14-29(21)18(5)6/h15-19,21-23H,11-14H2,1-10H3,(H,27,30)/t21?,22-,23+/m1/s1. The van der Waals surface area contributed by atoms with Crippen LogP contribution in [0.1, 0.15) is 81.6 Å².